The van der Waals surface area contributed by atoms with Crippen molar-refractivity contribution in [2.75, 3.05) is 34.2 Å². The molecule has 0 radical (unpaired) electrons. The third kappa shape index (κ3) is 7.84. The van der Waals surface area contributed by atoms with Crippen LogP contribution in [-0.2, 0) is 13.1 Å². The van der Waals surface area contributed by atoms with E-state index in [1.807, 2.05) is 6.08 Å². The molecule has 4 heteroatoms. The summed E-state index contributed by atoms with van der Waals surface area (Å²) in [6.07, 6.45) is 4.11. The predicted octanol–water partition coefficient (Wildman–Crippen LogP) is 3.11. The number of nitrogens with zero attached hydrogens (tertiary/aromatic N) is 3. The monoisotopic (exact) mass is 316 g/mol. The molecule has 0 amide bonds. The van der Waals surface area contributed by atoms with E-state index in [0.29, 0.717) is 6.54 Å². The van der Waals surface area contributed by atoms with Gasteiger partial charge in [0.05, 0.1) is 6.54 Å². The van der Waals surface area contributed by atoms with Crippen LogP contribution in [0, 0.1) is 0 Å². The van der Waals surface area contributed by atoms with E-state index in [0.717, 1.165) is 38.4 Å². The third-order valence-electron chi connectivity index (χ3n) is 3.53. The molecular formula is C19H32N4. The fraction of sp³-hybridized carbons (Fsp3) is 0.526. The van der Waals surface area contributed by atoms with Crippen molar-refractivity contribution in [1.29, 1.82) is 0 Å². The average molecular weight is 316 g/mol. The average Bonchev–Trinajstić information content (AvgIpc) is 2.52. The van der Waals surface area contributed by atoms with Crippen LogP contribution in [0.2, 0.25) is 0 Å². The van der Waals surface area contributed by atoms with E-state index in [9.17, 15) is 0 Å². The fourth-order valence-electron chi connectivity index (χ4n) is 2.33. The molecule has 1 aromatic carbocycles. The van der Waals surface area contributed by atoms with E-state index in [4.69, 9.17) is 4.99 Å². The van der Waals surface area contributed by atoms with Gasteiger partial charge in [-0.05, 0) is 45.0 Å². The number of hydrogen-bond donors (Lipinski definition) is 1. The summed E-state index contributed by atoms with van der Waals surface area (Å²) in [7, 11) is 6.26. The highest BCUT2D eigenvalue weighted by molar-refractivity contribution is 5.79. The Balaban J connectivity index is 2.63. The van der Waals surface area contributed by atoms with Crippen LogP contribution < -0.4 is 5.32 Å². The zero-order valence-corrected chi connectivity index (χ0v) is 15.2. The van der Waals surface area contributed by atoms with Crippen molar-refractivity contribution in [3.8, 4) is 0 Å². The van der Waals surface area contributed by atoms with Crippen LogP contribution in [0.15, 0.2) is 41.9 Å². The lowest BCUT2D eigenvalue weighted by Gasteiger charge is -2.21. The quantitative estimate of drug-likeness (QED) is 0.329. The van der Waals surface area contributed by atoms with E-state index in [-0.39, 0.29) is 0 Å². The van der Waals surface area contributed by atoms with Crippen molar-refractivity contribution in [2.24, 2.45) is 4.99 Å². The van der Waals surface area contributed by atoms with Crippen LogP contribution in [0.4, 0.5) is 0 Å². The molecule has 1 aromatic rings. The van der Waals surface area contributed by atoms with E-state index < -0.39 is 0 Å². The second-order valence-corrected chi connectivity index (χ2v) is 6.08. The zero-order valence-electron chi connectivity index (χ0n) is 15.2. The maximum atomic E-state index is 4.75. The Morgan fingerprint density at radius 3 is 2.39 bits per heavy atom. The highest BCUT2D eigenvalue weighted by atomic mass is 15.3. The first-order chi connectivity index (χ1) is 11.1. The Labute approximate surface area is 141 Å². The first kappa shape index (κ1) is 19.2. The summed E-state index contributed by atoms with van der Waals surface area (Å²) in [5.74, 6) is 0.967. The number of unbranched alkanes of at least 4 members (excludes halogenated alkanes) is 1. The number of aliphatic imine (C=N–C) groups is 1. The van der Waals surface area contributed by atoms with Crippen LogP contribution in [0.5, 0.6) is 0 Å². The molecule has 0 unspecified atom stereocenters. The van der Waals surface area contributed by atoms with Crippen molar-refractivity contribution in [1.82, 2.24) is 15.1 Å². The van der Waals surface area contributed by atoms with Crippen molar-refractivity contribution in [3.63, 3.8) is 0 Å². The molecule has 0 saturated heterocycles. The topological polar surface area (TPSA) is 30.9 Å². The van der Waals surface area contributed by atoms with E-state index in [1.165, 1.54) is 11.1 Å². The second-order valence-electron chi connectivity index (χ2n) is 6.08. The predicted molar refractivity (Wildman–Crippen MR) is 101 cm³/mol. The molecule has 0 aliphatic carbocycles. The molecule has 23 heavy (non-hydrogen) atoms. The van der Waals surface area contributed by atoms with Gasteiger partial charge in [0.2, 0.25) is 0 Å². The largest absolute Gasteiger partial charge is 0.357 e. The molecule has 0 spiro atoms. The molecule has 0 fully saturated rings. The molecule has 0 heterocycles. The van der Waals surface area contributed by atoms with Gasteiger partial charge < -0.3 is 15.1 Å². The summed E-state index contributed by atoms with van der Waals surface area (Å²) in [5.41, 5.74) is 2.57. The minimum Gasteiger partial charge on any atom is -0.357 e. The summed E-state index contributed by atoms with van der Waals surface area (Å²) < 4.78 is 0. The van der Waals surface area contributed by atoms with Gasteiger partial charge in [-0.2, -0.15) is 0 Å². The van der Waals surface area contributed by atoms with E-state index in [1.54, 1.807) is 0 Å². The van der Waals surface area contributed by atoms with Crippen molar-refractivity contribution in [2.45, 2.75) is 32.9 Å². The Morgan fingerprint density at radius 1 is 1.17 bits per heavy atom. The van der Waals surface area contributed by atoms with E-state index >= 15 is 0 Å². The molecule has 0 aliphatic heterocycles. The molecule has 0 atom stereocenters. The Bertz CT molecular complexity index is 477. The number of benzene rings is 1. The molecular weight excluding hydrogens is 284 g/mol. The lowest BCUT2D eigenvalue weighted by Crippen LogP contribution is -2.39. The maximum Gasteiger partial charge on any atom is 0.193 e. The van der Waals surface area contributed by atoms with Gasteiger partial charge in [-0.3, -0.25) is 0 Å². The third-order valence-corrected chi connectivity index (χ3v) is 3.53. The van der Waals surface area contributed by atoms with Gasteiger partial charge in [-0.1, -0.05) is 30.3 Å². The molecule has 1 rings (SSSR count). The van der Waals surface area contributed by atoms with E-state index in [2.05, 4.69) is 74.0 Å². The highest BCUT2D eigenvalue weighted by Gasteiger charge is 2.04. The number of allylic oxidation sites excluding steroid dienone is 1. The second kappa shape index (κ2) is 10.8. The first-order valence-electron chi connectivity index (χ1n) is 8.39. The van der Waals surface area contributed by atoms with Gasteiger partial charge >= 0.3 is 0 Å². The number of nitrogens with one attached hydrogen (secondary N) is 1. The smallest absolute Gasteiger partial charge is 0.193 e. The molecule has 0 aliphatic rings. The van der Waals surface area contributed by atoms with Gasteiger partial charge in [-0.15, -0.1) is 6.58 Å². The number of guanidine groups is 1. The summed E-state index contributed by atoms with van der Waals surface area (Å²) in [6, 6.07) is 8.71. The zero-order chi connectivity index (χ0) is 17.1. The lowest BCUT2D eigenvalue weighted by atomic mass is 10.1. The Kier molecular flexibility index (Phi) is 9.07. The van der Waals surface area contributed by atoms with Gasteiger partial charge in [-0.25, -0.2) is 4.99 Å². The highest BCUT2D eigenvalue weighted by Crippen LogP contribution is 2.07. The molecule has 0 bridgehead atoms. The normalized spacial score (nSPS) is 11.6. The van der Waals surface area contributed by atoms with Crippen LogP contribution in [0.25, 0.3) is 0 Å². The summed E-state index contributed by atoms with van der Waals surface area (Å²) in [4.78, 5) is 9.11. The van der Waals surface area contributed by atoms with Crippen LogP contribution >= 0.6 is 0 Å². The minimum atomic E-state index is 0.705. The van der Waals surface area contributed by atoms with Gasteiger partial charge in [0.1, 0.15) is 0 Å². The standard InChI is InChI=1S/C19H32N4/c1-6-8-9-14-23(5)19(20-7-2)21-15-17-10-12-18(13-11-17)16-22(3)4/h6,10-13H,1,7-9,14-16H2,2-5H3,(H,20,21). The summed E-state index contributed by atoms with van der Waals surface area (Å²) in [5, 5.41) is 3.36. The van der Waals surface area contributed by atoms with Gasteiger partial charge in [0.15, 0.2) is 5.96 Å². The van der Waals surface area contributed by atoms with Gasteiger partial charge in [0, 0.05) is 26.7 Å². The van der Waals surface area contributed by atoms with Crippen LogP contribution in [0.1, 0.15) is 30.9 Å². The first-order valence-corrected chi connectivity index (χ1v) is 8.39. The Morgan fingerprint density at radius 2 is 1.83 bits per heavy atom. The molecule has 0 aromatic heterocycles. The van der Waals surface area contributed by atoms with Crippen molar-refractivity contribution >= 4 is 5.96 Å². The number of rotatable bonds is 9. The van der Waals surface area contributed by atoms with Crippen molar-refractivity contribution < 1.29 is 0 Å². The Hall–Kier alpha value is -1.81. The van der Waals surface area contributed by atoms with Crippen molar-refractivity contribution in [3.05, 3.63) is 48.0 Å². The lowest BCUT2D eigenvalue weighted by molar-refractivity contribution is 0.402. The fourth-order valence-corrected chi connectivity index (χ4v) is 2.33. The molecule has 1 N–H and O–H groups in total. The molecule has 0 saturated carbocycles. The SMILES string of the molecule is C=CCCCN(C)C(=NCc1ccc(CN(C)C)cc1)NCC. The molecule has 128 valence electrons. The number of hydrogen-bond acceptors (Lipinski definition) is 2. The van der Waals surface area contributed by atoms with Gasteiger partial charge in [0.25, 0.3) is 0 Å². The minimum absolute atomic E-state index is 0.705. The van der Waals surface area contributed by atoms with Crippen LogP contribution in [-0.4, -0.2) is 50.0 Å². The summed E-state index contributed by atoms with van der Waals surface area (Å²) >= 11 is 0. The van der Waals surface area contributed by atoms with Crippen LogP contribution in [0.3, 0.4) is 0 Å². The maximum absolute atomic E-state index is 4.75. The summed E-state index contributed by atoms with van der Waals surface area (Å²) in [6.45, 7) is 9.41. The molecule has 4 nitrogen and oxygen atoms in total.